The number of hydrogen-bond donors (Lipinski definition) is 3. The maximum atomic E-state index is 5.75. The number of nitrogens with zero attached hydrogens (tertiary/aromatic N) is 1. The Kier molecular flexibility index (Phi) is 9.86. The number of ether oxygens (including phenoxy) is 3. The number of rotatable bonds is 11. The molecule has 3 N–H and O–H groups in total. The lowest BCUT2D eigenvalue weighted by atomic mass is 10.2. The van der Waals surface area contributed by atoms with E-state index in [2.05, 4.69) is 45.2 Å². The summed E-state index contributed by atoms with van der Waals surface area (Å²) in [7, 11) is 3.49. The molecule has 1 atom stereocenters. The summed E-state index contributed by atoms with van der Waals surface area (Å²) in [5, 5.41) is 9.95. The summed E-state index contributed by atoms with van der Waals surface area (Å²) >= 11 is 0. The highest BCUT2D eigenvalue weighted by Gasteiger charge is 2.15. The van der Waals surface area contributed by atoms with Crippen molar-refractivity contribution in [3.8, 4) is 0 Å². The van der Waals surface area contributed by atoms with Crippen LogP contribution < -0.4 is 16.0 Å². The van der Waals surface area contributed by atoms with Crippen LogP contribution in [-0.4, -0.2) is 65.7 Å². The molecule has 1 heterocycles. The maximum absolute atomic E-state index is 5.75. The molecule has 2 rings (SSSR count). The number of benzene rings is 1. The molecule has 146 valence electrons. The smallest absolute Gasteiger partial charge is 0.191 e. The van der Waals surface area contributed by atoms with E-state index in [0.29, 0.717) is 6.61 Å². The molecule has 0 bridgehead atoms. The molecule has 1 aromatic carbocycles. The monoisotopic (exact) mass is 364 g/mol. The number of methoxy groups -OCH3 is 1. The van der Waals surface area contributed by atoms with E-state index in [1.807, 2.05) is 0 Å². The molecule has 0 spiro atoms. The first-order chi connectivity index (χ1) is 12.8. The molecule has 0 radical (unpaired) electrons. The van der Waals surface area contributed by atoms with Gasteiger partial charge in [0.25, 0.3) is 0 Å². The van der Waals surface area contributed by atoms with Crippen molar-refractivity contribution < 1.29 is 14.2 Å². The molecule has 7 heteroatoms. The summed E-state index contributed by atoms with van der Waals surface area (Å²) in [4.78, 5) is 4.25. The molecule has 26 heavy (non-hydrogen) atoms. The second kappa shape index (κ2) is 12.5. The largest absolute Gasteiger partial charge is 0.383 e. The molecular formula is C19H32N4O3. The fourth-order valence-electron chi connectivity index (χ4n) is 2.62. The van der Waals surface area contributed by atoms with Crippen molar-refractivity contribution in [1.82, 2.24) is 10.6 Å². The van der Waals surface area contributed by atoms with Gasteiger partial charge in [0.1, 0.15) is 0 Å². The molecule has 1 aliphatic heterocycles. The number of anilines is 1. The van der Waals surface area contributed by atoms with Crippen LogP contribution in [0.15, 0.2) is 29.3 Å². The number of nitrogens with one attached hydrogen (secondary N) is 3. The fourth-order valence-corrected chi connectivity index (χ4v) is 2.62. The summed E-state index contributed by atoms with van der Waals surface area (Å²) in [6, 6.07) is 8.36. The number of guanidine groups is 1. The van der Waals surface area contributed by atoms with Crippen molar-refractivity contribution in [3.05, 3.63) is 29.8 Å². The summed E-state index contributed by atoms with van der Waals surface area (Å²) < 4.78 is 16.1. The Hall–Kier alpha value is -1.83. The second-order valence-electron chi connectivity index (χ2n) is 6.18. The van der Waals surface area contributed by atoms with Gasteiger partial charge in [-0.3, -0.25) is 4.99 Å². The summed E-state index contributed by atoms with van der Waals surface area (Å²) in [6.07, 6.45) is 2.23. The third-order valence-electron chi connectivity index (χ3n) is 4.13. The normalized spacial score (nSPS) is 17.3. The molecule has 1 unspecified atom stereocenters. The van der Waals surface area contributed by atoms with Crippen molar-refractivity contribution in [2.45, 2.75) is 25.5 Å². The topological polar surface area (TPSA) is 76.1 Å². The first-order valence-corrected chi connectivity index (χ1v) is 9.27. The second-order valence-corrected chi connectivity index (χ2v) is 6.18. The fraction of sp³-hybridized carbons (Fsp3) is 0.632. The molecule has 7 nitrogen and oxygen atoms in total. The van der Waals surface area contributed by atoms with E-state index in [1.54, 1.807) is 14.2 Å². The minimum Gasteiger partial charge on any atom is -0.383 e. The van der Waals surface area contributed by atoms with Gasteiger partial charge >= 0.3 is 0 Å². The van der Waals surface area contributed by atoms with Crippen molar-refractivity contribution in [1.29, 1.82) is 0 Å². The van der Waals surface area contributed by atoms with Crippen LogP contribution >= 0.6 is 0 Å². The van der Waals surface area contributed by atoms with Crippen molar-refractivity contribution in [2.24, 2.45) is 4.99 Å². The van der Waals surface area contributed by atoms with Crippen LogP contribution in [0.25, 0.3) is 0 Å². The average Bonchev–Trinajstić information content (AvgIpc) is 3.19. The number of hydrogen-bond acceptors (Lipinski definition) is 5. The summed E-state index contributed by atoms with van der Waals surface area (Å²) in [6.45, 7) is 5.37. The van der Waals surface area contributed by atoms with Gasteiger partial charge in [-0.25, -0.2) is 0 Å². The Morgan fingerprint density at radius 2 is 2.04 bits per heavy atom. The summed E-state index contributed by atoms with van der Waals surface area (Å²) in [5.74, 6) is 0.802. The van der Waals surface area contributed by atoms with Crippen molar-refractivity contribution in [2.75, 3.05) is 59.0 Å². The molecule has 0 aromatic heterocycles. The molecule has 0 saturated carbocycles. The van der Waals surface area contributed by atoms with Gasteiger partial charge in [-0.1, -0.05) is 12.1 Å². The van der Waals surface area contributed by atoms with Crippen LogP contribution in [0.5, 0.6) is 0 Å². The van der Waals surface area contributed by atoms with E-state index in [-0.39, 0.29) is 6.10 Å². The highest BCUT2D eigenvalue weighted by molar-refractivity contribution is 5.79. The van der Waals surface area contributed by atoms with E-state index in [0.717, 1.165) is 63.9 Å². The first-order valence-electron chi connectivity index (χ1n) is 9.27. The van der Waals surface area contributed by atoms with Crippen molar-refractivity contribution >= 4 is 11.6 Å². The van der Waals surface area contributed by atoms with E-state index in [1.165, 1.54) is 5.56 Å². The van der Waals surface area contributed by atoms with Crippen molar-refractivity contribution in [3.63, 3.8) is 0 Å². The quantitative estimate of drug-likeness (QED) is 0.315. The average molecular weight is 364 g/mol. The van der Waals surface area contributed by atoms with Crippen LogP contribution in [0.1, 0.15) is 18.4 Å². The van der Waals surface area contributed by atoms with Crippen LogP contribution in [-0.2, 0) is 20.8 Å². The lowest BCUT2D eigenvalue weighted by Crippen LogP contribution is -2.37. The van der Waals surface area contributed by atoms with Gasteiger partial charge in [0.2, 0.25) is 0 Å². The molecular weight excluding hydrogens is 332 g/mol. The Morgan fingerprint density at radius 3 is 2.73 bits per heavy atom. The van der Waals surface area contributed by atoms with Gasteiger partial charge in [0.05, 0.1) is 19.3 Å². The Morgan fingerprint density at radius 1 is 1.19 bits per heavy atom. The van der Waals surface area contributed by atoms with E-state index in [4.69, 9.17) is 14.2 Å². The minimum atomic E-state index is 0.277. The molecule has 0 amide bonds. The Balaban J connectivity index is 1.58. The van der Waals surface area contributed by atoms with Crippen LogP contribution in [0, 0.1) is 0 Å². The van der Waals surface area contributed by atoms with Crippen LogP contribution in [0.4, 0.5) is 5.69 Å². The number of aliphatic imine (C=N–C) groups is 1. The van der Waals surface area contributed by atoms with Gasteiger partial charge in [-0.05, 0) is 30.5 Å². The molecule has 1 fully saturated rings. The molecule has 1 aliphatic rings. The van der Waals surface area contributed by atoms with Gasteiger partial charge in [-0.2, -0.15) is 0 Å². The Bertz CT molecular complexity index is 516. The SMILES string of the molecule is CN=C(NCCCOC1CCOC1)NCc1ccc(NCCOC)cc1. The Labute approximate surface area is 156 Å². The zero-order valence-electron chi connectivity index (χ0n) is 15.9. The third-order valence-corrected chi connectivity index (χ3v) is 4.13. The maximum Gasteiger partial charge on any atom is 0.191 e. The molecule has 1 saturated heterocycles. The highest BCUT2D eigenvalue weighted by atomic mass is 16.5. The standard InChI is InChI=1S/C19H32N4O3/c1-20-19(22-9-3-11-26-18-8-12-25-15-18)23-14-16-4-6-17(7-5-16)21-10-13-24-2/h4-7,18,21H,3,8-15H2,1-2H3,(H2,20,22,23). The highest BCUT2D eigenvalue weighted by Crippen LogP contribution is 2.09. The minimum absolute atomic E-state index is 0.277. The van der Waals surface area contributed by atoms with E-state index >= 15 is 0 Å². The molecule has 0 aliphatic carbocycles. The first kappa shape index (κ1) is 20.5. The zero-order valence-corrected chi connectivity index (χ0v) is 15.9. The lowest BCUT2D eigenvalue weighted by molar-refractivity contribution is 0.0420. The third kappa shape index (κ3) is 8.03. The van der Waals surface area contributed by atoms with Crippen LogP contribution in [0.3, 0.4) is 0 Å². The summed E-state index contributed by atoms with van der Waals surface area (Å²) in [5.41, 5.74) is 2.30. The van der Waals surface area contributed by atoms with E-state index in [9.17, 15) is 0 Å². The van der Waals surface area contributed by atoms with Gasteiger partial charge in [-0.15, -0.1) is 0 Å². The zero-order chi connectivity index (χ0) is 18.5. The predicted octanol–water partition coefficient (Wildman–Crippen LogP) is 1.61. The van der Waals surface area contributed by atoms with Crippen LogP contribution in [0.2, 0.25) is 0 Å². The van der Waals surface area contributed by atoms with E-state index < -0.39 is 0 Å². The predicted molar refractivity (Wildman–Crippen MR) is 105 cm³/mol. The van der Waals surface area contributed by atoms with Gasteiger partial charge in [0.15, 0.2) is 5.96 Å². The molecule has 1 aromatic rings. The van der Waals surface area contributed by atoms with Gasteiger partial charge in [0, 0.05) is 52.7 Å². The lowest BCUT2D eigenvalue weighted by Gasteiger charge is -2.13. The van der Waals surface area contributed by atoms with Gasteiger partial charge < -0.3 is 30.2 Å².